The van der Waals surface area contributed by atoms with Gasteiger partial charge in [0.1, 0.15) is 0 Å². The van der Waals surface area contributed by atoms with Crippen molar-refractivity contribution < 1.29 is 0 Å². The van der Waals surface area contributed by atoms with E-state index in [-0.39, 0.29) is 0 Å². The Balaban J connectivity index is 1.83. The summed E-state index contributed by atoms with van der Waals surface area (Å²) in [6.45, 7) is 5.28. The zero-order valence-electron chi connectivity index (χ0n) is 11.9. The van der Waals surface area contributed by atoms with Crippen molar-refractivity contribution >= 4 is 11.5 Å². The van der Waals surface area contributed by atoms with Crippen LogP contribution < -0.4 is 10.2 Å². The monoisotopic (exact) mass is 275 g/mol. The number of hydrogen-bond acceptors (Lipinski definition) is 6. The van der Waals surface area contributed by atoms with Gasteiger partial charge in [-0.15, -0.1) is 5.10 Å². The predicted octanol–water partition coefficient (Wildman–Crippen LogP) is 0.878. The Morgan fingerprint density at radius 2 is 2.35 bits per heavy atom. The molecule has 0 bridgehead atoms. The number of piperidine rings is 1. The van der Waals surface area contributed by atoms with E-state index in [9.17, 15) is 0 Å². The molecule has 0 aliphatic carbocycles. The number of fused-ring (bicyclic) bond motifs is 1. The summed E-state index contributed by atoms with van der Waals surface area (Å²) in [7, 11) is 0. The minimum Gasteiger partial charge on any atom is -0.354 e. The fraction of sp³-hybridized carbons (Fsp3) is 0.692. The van der Waals surface area contributed by atoms with E-state index in [0.29, 0.717) is 11.7 Å². The van der Waals surface area contributed by atoms with Crippen LogP contribution in [-0.4, -0.2) is 50.7 Å². The van der Waals surface area contributed by atoms with Crippen LogP contribution in [0.25, 0.3) is 5.65 Å². The predicted molar refractivity (Wildman–Crippen MR) is 76.7 cm³/mol. The van der Waals surface area contributed by atoms with Gasteiger partial charge in [-0.25, -0.2) is 0 Å². The van der Waals surface area contributed by atoms with Gasteiger partial charge in [0.2, 0.25) is 0 Å². The van der Waals surface area contributed by atoms with Gasteiger partial charge in [-0.1, -0.05) is 13.3 Å². The van der Waals surface area contributed by atoms with Gasteiger partial charge < -0.3 is 10.2 Å². The zero-order valence-corrected chi connectivity index (χ0v) is 11.9. The maximum absolute atomic E-state index is 4.26. The highest BCUT2D eigenvalue weighted by Gasteiger charge is 2.19. The Morgan fingerprint density at radius 3 is 3.15 bits per heavy atom. The summed E-state index contributed by atoms with van der Waals surface area (Å²) >= 11 is 0. The van der Waals surface area contributed by atoms with Crippen LogP contribution in [0.5, 0.6) is 0 Å². The van der Waals surface area contributed by atoms with Crippen LogP contribution in [0.15, 0.2) is 12.4 Å². The molecular weight excluding hydrogens is 254 g/mol. The number of rotatable bonds is 5. The second-order valence-corrected chi connectivity index (χ2v) is 5.31. The molecule has 1 unspecified atom stereocenters. The van der Waals surface area contributed by atoms with Crippen LogP contribution in [0.4, 0.5) is 5.82 Å². The Hall–Kier alpha value is -1.76. The van der Waals surface area contributed by atoms with E-state index in [1.807, 2.05) is 6.20 Å². The van der Waals surface area contributed by atoms with Crippen LogP contribution in [0.2, 0.25) is 0 Å². The smallest absolute Gasteiger partial charge is 0.199 e. The van der Waals surface area contributed by atoms with Gasteiger partial charge in [0.05, 0.1) is 12.4 Å². The van der Waals surface area contributed by atoms with Crippen molar-refractivity contribution in [3.63, 3.8) is 0 Å². The first kappa shape index (κ1) is 13.2. The molecule has 0 saturated carbocycles. The molecule has 0 radical (unpaired) electrons. The lowest BCUT2D eigenvalue weighted by molar-refractivity contribution is 0.397. The highest BCUT2D eigenvalue weighted by Crippen LogP contribution is 2.16. The van der Waals surface area contributed by atoms with Crippen molar-refractivity contribution in [1.82, 2.24) is 30.3 Å². The highest BCUT2D eigenvalue weighted by molar-refractivity contribution is 5.46. The summed E-state index contributed by atoms with van der Waals surface area (Å²) in [5, 5.41) is 15.4. The van der Waals surface area contributed by atoms with E-state index < -0.39 is 0 Å². The first-order valence-corrected chi connectivity index (χ1v) is 7.39. The third-order valence-electron chi connectivity index (χ3n) is 3.76. The maximum Gasteiger partial charge on any atom is 0.199 e. The molecule has 7 heteroatoms. The topological polar surface area (TPSA) is 71.2 Å². The molecule has 3 rings (SSSR count). The van der Waals surface area contributed by atoms with Gasteiger partial charge in [0.25, 0.3) is 0 Å². The number of aromatic nitrogens is 5. The molecule has 1 atom stereocenters. The summed E-state index contributed by atoms with van der Waals surface area (Å²) in [5.41, 5.74) is 0.695. The van der Waals surface area contributed by atoms with E-state index in [0.717, 1.165) is 31.9 Å². The highest BCUT2D eigenvalue weighted by atomic mass is 15.5. The van der Waals surface area contributed by atoms with Crippen molar-refractivity contribution in [1.29, 1.82) is 0 Å². The minimum atomic E-state index is 0.544. The molecule has 1 saturated heterocycles. The number of anilines is 1. The summed E-state index contributed by atoms with van der Waals surface area (Å²) in [6.07, 6.45) is 8.46. The number of nitrogens with one attached hydrogen (secondary N) is 1. The average Bonchev–Trinajstić information content (AvgIpc) is 2.96. The molecule has 1 aliphatic rings. The van der Waals surface area contributed by atoms with Gasteiger partial charge in [-0.3, -0.25) is 4.98 Å². The van der Waals surface area contributed by atoms with Gasteiger partial charge in [0, 0.05) is 19.1 Å². The SMILES string of the molecule is CCCN(CC1CCCCN1)c1cncc2nnnn12. The van der Waals surface area contributed by atoms with E-state index in [1.54, 1.807) is 10.7 Å². The van der Waals surface area contributed by atoms with Crippen LogP contribution in [0.1, 0.15) is 32.6 Å². The average molecular weight is 275 g/mol. The largest absolute Gasteiger partial charge is 0.354 e. The Kier molecular flexibility index (Phi) is 4.05. The van der Waals surface area contributed by atoms with Crippen LogP contribution in [0, 0.1) is 0 Å². The van der Waals surface area contributed by atoms with Crippen LogP contribution in [-0.2, 0) is 0 Å². The lowest BCUT2D eigenvalue weighted by Gasteiger charge is -2.31. The number of nitrogens with zero attached hydrogens (tertiary/aromatic N) is 6. The normalized spacial score (nSPS) is 19.4. The molecule has 0 aromatic carbocycles. The van der Waals surface area contributed by atoms with Crippen molar-refractivity contribution in [2.45, 2.75) is 38.6 Å². The quantitative estimate of drug-likeness (QED) is 0.873. The van der Waals surface area contributed by atoms with Crippen molar-refractivity contribution in [2.24, 2.45) is 0 Å². The lowest BCUT2D eigenvalue weighted by Crippen LogP contribution is -2.44. The molecule has 7 nitrogen and oxygen atoms in total. The molecular formula is C13H21N7. The summed E-state index contributed by atoms with van der Waals surface area (Å²) < 4.78 is 1.77. The molecule has 1 aliphatic heterocycles. The standard InChI is InChI=1S/C13H21N7/c1-2-7-19(10-11-5-3-4-6-15-11)13-9-14-8-12-16-17-18-20(12)13/h8-9,11,15H,2-7,10H2,1H3. The molecule has 3 heterocycles. The van der Waals surface area contributed by atoms with E-state index in [4.69, 9.17) is 0 Å². The fourth-order valence-electron chi connectivity index (χ4n) is 2.79. The molecule has 2 aromatic heterocycles. The summed E-state index contributed by atoms with van der Waals surface area (Å²) in [6, 6.07) is 0.544. The lowest BCUT2D eigenvalue weighted by atomic mass is 10.0. The van der Waals surface area contributed by atoms with Gasteiger partial charge in [-0.05, 0) is 36.2 Å². The number of tetrazole rings is 1. The first-order chi connectivity index (χ1) is 9.88. The van der Waals surface area contributed by atoms with Crippen molar-refractivity contribution in [3.05, 3.63) is 12.4 Å². The van der Waals surface area contributed by atoms with Crippen LogP contribution >= 0.6 is 0 Å². The summed E-state index contributed by atoms with van der Waals surface area (Å²) in [4.78, 5) is 6.59. The van der Waals surface area contributed by atoms with Crippen LogP contribution in [0.3, 0.4) is 0 Å². The van der Waals surface area contributed by atoms with Crippen molar-refractivity contribution in [2.75, 3.05) is 24.5 Å². The third kappa shape index (κ3) is 2.72. The summed E-state index contributed by atoms with van der Waals surface area (Å²) in [5.74, 6) is 0.974. The van der Waals surface area contributed by atoms with Gasteiger partial charge >= 0.3 is 0 Å². The van der Waals surface area contributed by atoms with E-state index in [1.165, 1.54) is 19.3 Å². The second kappa shape index (κ2) is 6.13. The second-order valence-electron chi connectivity index (χ2n) is 5.31. The molecule has 1 N–H and O–H groups in total. The fourth-order valence-corrected chi connectivity index (χ4v) is 2.79. The molecule has 0 spiro atoms. The zero-order chi connectivity index (χ0) is 13.8. The van der Waals surface area contributed by atoms with Crippen molar-refractivity contribution in [3.8, 4) is 0 Å². The molecule has 2 aromatic rings. The Bertz CT molecular complexity index is 546. The van der Waals surface area contributed by atoms with Gasteiger partial charge in [-0.2, -0.15) is 4.52 Å². The molecule has 108 valence electrons. The Labute approximate surface area is 118 Å². The van der Waals surface area contributed by atoms with E-state index in [2.05, 4.69) is 37.6 Å². The molecule has 0 amide bonds. The molecule has 1 fully saturated rings. The maximum atomic E-state index is 4.26. The van der Waals surface area contributed by atoms with E-state index >= 15 is 0 Å². The minimum absolute atomic E-state index is 0.544. The first-order valence-electron chi connectivity index (χ1n) is 7.39. The number of hydrogen-bond donors (Lipinski definition) is 1. The Morgan fingerprint density at radius 1 is 1.40 bits per heavy atom. The van der Waals surface area contributed by atoms with Gasteiger partial charge in [0.15, 0.2) is 11.5 Å². The molecule has 20 heavy (non-hydrogen) atoms. The third-order valence-corrected chi connectivity index (χ3v) is 3.76.